The standard InChI is InChI=1S/C16H28N2O/c1-6-15(18(7-2)8-3)16(4,17)13-9-11-14(19-5)12-10-13/h9-12,15H,6-8,17H2,1-5H3. The van der Waals surface area contributed by atoms with Crippen LogP contribution in [0.4, 0.5) is 0 Å². The van der Waals surface area contributed by atoms with Crippen LogP contribution < -0.4 is 10.5 Å². The largest absolute Gasteiger partial charge is 0.497 e. The van der Waals surface area contributed by atoms with E-state index < -0.39 is 0 Å². The fourth-order valence-electron chi connectivity index (χ4n) is 2.87. The monoisotopic (exact) mass is 264 g/mol. The topological polar surface area (TPSA) is 38.5 Å². The first-order chi connectivity index (χ1) is 9.01. The van der Waals surface area contributed by atoms with Crippen molar-refractivity contribution >= 4 is 0 Å². The number of nitrogens with two attached hydrogens (primary N) is 1. The van der Waals surface area contributed by atoms with Crippen LogP contribution in [0.2, 0.25) is 0 Å². The zero-order valence-corrected chi connectivity index (χ0v) is 12.9. The van der Waals surface area contributed by atoms with E-state index in [9.17, 15) is 0 Å². The highest BCUT2D eigenvalue weighted by Gasteiger charge is 2.33. The fraction of sp³-hybridized carbons (Fsp3) is 0.625. The molecule has 0 aromatic heterocycles. The highest BCUT2D eigenvalue weighted by Crippen LogP contribution is 2.28. The van der Waals surface area contributed by atoms with E-state index in [-0.39, 0.29) is 5.54 Å². The summed E-state index contributed by atoms with van der Waals surface area (Å²) in [5.74, 6) is 0.871. The number of rotatable bonds is 7. The maximum atomic E-state index is 6.65. The van der Waals surface area contributed by atoms with Gasteiger partial charge in [-0.1, -0.05) is 32.9 Å². The lowest BCUT2D eigenvalue weighted by Crippen LogP contribution is -2.54. The Morgan fingerprint density at radius 2 is 1.68 bits per heavy atom. The molecular formula is C16H28N2O. The molecule has 3 nitrogen and oxygen atoms in total. The molecule has 1 aromatic carbocycles. The highest BCUT2D eigenvalue weighted by atomic mass is 16.5. The van der Waals surface area contributed by atoms with Crippen molar-refractivity contribution in [2.75, 3.05) is 20.2 Å². The van der Waals surface area contributed by atoms with E-state index in [0.29, 0.717) is 6.04 Å². The lowest BCUT2D eigenvalue weighted by atomic mass is 9.83. The molecule has 0 aliphatic carbocycles. The summed E-state index contributed by atoms with van der Waals surface area (Å²) in [6.07, 6.45) is 1.04. The van der Waals surface area contributed by atoms with Crippen LogP contribution in [-0.4, -0.2) is 31.1 Å². The predicted molar refractivity (Wildman–Crippen MR) is 81.5 cm³/mol. The van der Waals surface area contributed by atoms with Crippen LogP contribution in [0.3, 0.4) is 0 Å². The minimum atomic E-state index is -0.354. The highest BCUT2D eigenvalue weighted by molar-refractivity contribution is 5.32. The van der Waals surface area contributed by atoms with Crippen molar-refractivity contribution in [2.24, 2.45) is 5.73 Å². The van der Waals surface area contributed by atoms with E-state index in [1.165, 1.54) is 0 Å². The van der Waals surface area contributed by atoms with Crippen molar-refractivity contribution in [2.45, 2.75) is 45.7 Å². The molecule has 0 saturated carbocycles. The Labute approximate surface area is 117 Å². The van der Waals surface area contributed by atoms with Gasteiger partial charge in [-0.2, -0.15) is 0 Å². The van der Waals surface area contributed by atoms with Crippen LogP contribution in [0, 0.1) is 0 Å². The zero-order valence-electron chi connectivity index (χ0n) is 12.9. The summed E-state index contributed by atoms with van der Waals surface area (Å²) in [6, 6.07) is 8.46. The van der Waals surface area contributed by atoms with Gasteiger partial charge in [-0.25, -0.2) is 0 Å². The van der Waals surface area contributed by atoms with Crippen LogP contribution in [0.15, 0.2) is 24.3 Å². The second kappa shape index (κ2) is 6.92. The molecule has 0 amide bonds. The summed E-state index contributed by atoms with van der Waals surface area (Å²) >= 11 is 0. The van der Waals surface area contributed by atoms with Crippen molar-refractivity contribution in [3.8, 4) is 5.75 Å². The van der Waals surface area contributed by atoms with E-state index >= 15 is 0 Å². The second-order valence-electron chi connectivity index (χ2n) is 5.16. The Kier molecular flexibility index (Phi) is 5.83. The molecule has 3 heteroatoms. The van der Waals surface area contributed by atoms with Crippen LogP contribution in [0.1, 0.15) is 39.7 Å². The van der Waals surface area contributed by atoms with Gasteiger partial charge < -0.3 is 10.5 Å². The van der Waals surface area contributed by atoms with E-state index in [4.69, 9.17) is 10.5 Å². The SMILES string of the molecule is CCC(N(CC)CC)C(C)(N)c1ccc(OC)cc1. The third-order valence-corrected chi connectivity index (χ3v) is 4.04. The smallest absolute Gasteiger partial charge is 0.118 e. The first-order valence-electron chi connectivity index (χ1n) is 7.18. The van der Waals surface area contributed by atoms with E-state index in [0.717, 1.165) is 30.8 Å². The molecule has 0 radical (unpaired) electrons. The summed E-state index contributed by atoms with van der Waals surface area (Å²) in [4.78, 5) is 2.43. The molecule has 1 rings (SSSR count). The first kappa shape index (κ1) is 16.0. The molecule has 19 heavy (non-hydrogen) atoms. The number of hydrogen-bond donors (Lipinski definition) is 1. The molecule has 0 spiro atoms. The maximum Gasteiger partial charge on any atom is 0.118 e. The van der Waals surface area contributed by atoms with E-state index in [1.54, 1.807) is 7.11 Å². The van der Waals surface area contributed by atoms with Crippen LogP contribution in [0.5, 0.6) is 5.75 Å². The second-order valence-corrected chi connectivity index (χ2v) is 5.16. The molecule has 1 aromatic rings. The third-order valence-electron chi connectivity index (χ3n) is 4.04. The minimum absolute atomic E-state index is 0.343. The van der Waals surface area contributed by atoms with Crippen LogP contribution in [0.25, 0.3) is 0 Å². The Morgan fingerprint density at radius 3 is 2.05 bits per heavy atom. The van der Waals surface area contributed by atoms with Crippen molar-refractivity contribution in [3.63, 3.8) is 0 Å². The Balaban J connectivity index is 3.04. The van der Waals surface area contributed by atoms with Gasteiger partial charge in [0.2, 0.25) is 0 Å². The third kappa shape index (κ3) is 3.48. The zero-order chi connectivity index (χ0) is 14.5. The van der Waals surface area contributed by atoms with Gasteiger partial charge in [-0.05, 0) is 44.1 Å². The minimum Gasteiger partial charge on any atom is -0.497 e. The van der Waals surface area contributed by atoms with Gasteiger partial charge in [0.1, 0.15) is 5.75 Å². The Bertz CT molecular complexity index is 369. The summed E-state index contributed by atoms with van der Waals surface area (Å²) in [5.41, 5.74) is 7.46. The van der Waals surface area contributed by atoms with Crippen LogP contribution in [-0.2, 0) is 5.54 Å². The van der Waals surface area contributed by atoms with Crippen molar-refractivity contribution in [1.29, 1.82) is 0 Å². The average Bonchev–Trinajstić information content (AvgIpc) is 2.44. The molecule has 2 unspecified atom stereocenters. The van der Waals surface area contributed by atoms with Gasteiger partial charge in [0.05, 0.1) is 12.6 Å². The number of ether oxygens (including phenoxy) is 1. The molecular weight excluding hydrogens is 236 g/mol. The van der Waals surface area contributed by atoms with Crippen LogP contribution >= 0.6 is 0 Å². The normalized spacial score (nSPS) is 16.2. The van der Waals surface area contributed by atoms with Crippen molar-refractivity contribution in [3.05, 3.63) is 29.8 Å². The predicted octanol–water partition coefficient (Wildman–Crippen LogP) is 2.99. The van der Waals surface area contributed by atoms with Gasteiger partial charge in [0, 0.05) is 6.04 Å². The summed E-state index contributed by atoms with van der Waals surface area (Å²) in [6.45, 7) is 10.8. The molecule has 2 N–H and O–H groups in total. The Hall–Kier alpha value is -1.06. The molecule has 0 heterocycles. The Morgan fingerprint density at radius 1 is 1.16 bits per heavy atom. The van der Waals surface area contributed by atoms with Gasteiger partial charge in [0.15, 0.2) is 0 Å². The quantitative estimate of drug-likeness (QED) is 0.823. The van der Waals surface area contributed by atoms with Gasteiger partial charge in [-0.15, -0.1) is 0 Å². The number of likely N-dealkylation sites (N-methyl/N-ethyl adjacent to an activating group) is 1. The lowest BCUT2D eigenvalue weighted by molar-refractivity contribution is 0.135. The van der Waals surface area contributed by atoms with Crippen molar-refractivity contribution < 1.29 is 4.74 Å². The van der Waals surface area contributed by atoms with Crippen molar-refractivity contribution in [1.82, 2.24) is 4.90 Å². The number of hydrogen-bond acceptors (Lipinski definition) is 3. The summed E-state index contributed by atoms with van der Waals surface area (Å²) < 4.78 is 5.21. The number of methoxy groups -OCH3 is 1. The van der Waals surface area contributed by atoms with Gasteiger partial charge >= 0.3 is 0 Å². The summed E-state index contributed by atoms with van der Waals surface area (Å²) in [5, 5.41) is 0. The lowest BCUT2D eigenvalue weighted by Gasteiger charge is -2.41. The molecule has 0 saturated heterocycles. The fourth-order valence-corrected chi connectivity index (χ4v) is 2.87. The molecule has 2 atom stereocenters. The molecule has 0 aliphatic heterocycles. The van der Waals surface area contributed by atoms with Gasteiger partial charge in [-0.3, -0.25) is 4.90 Å². The van der Waals surface area contributed by atoms with E-state index in [2.05, 4.69) is 44.7 Å². The average molecular weight is 264 g/mol. The van der Waals surface area contributed by atoms with E-state index in [1.807, 2.05) is 12.1 Å². The molecule has 108 valence electrons. The molecule has 0 aliphatic rings. The number of benzene rings is 1. The molecule has 0 fully saturated rings. The first-order valence-corrected chi connectivity index (χ1v) is 7.18. The number of nitrogens with zero attached hydrogens (tertiary/aromatic N) is 1. The summed E-state index contributed by atoms with van der Waals surface area (Å²) in [7, 11) is 1.68. The maximum absolute atomic E-state index is 6.65. The molecule has 0 bridgehead atoms. The van der Waals surface area contributed by atoms with Gasteiger partial charge in [0.25, 0.3) is 0 Å².